The summed E-state index contributed by atoms with van der Waals surface area (Å²) in [6.07, 6.45) is 3.58. The van der Waals surface area contributed by atoms with E-state index in [1.54, 1.807) is 6.20 Å². The second kappa shape index (κ2) is 6.41. The van der Waals surface area contributed by atoms with Gasteiger partial charge in [-0.05, 0) is 24.5 Å². The van der Waals surface area contributed by atoms with Gasteiger partial charge in [0.05, 0.1) is 18.0 Å². The summed E-state index contributed by atoms with van der Waals surface area (Å²) in [5, 5.41) is 9.79. The molecule has 2 N–H and O–H groups in total. The highest BCUT2D eigenvalue weighted by atomic mass is 19.1. The fourth-order valence-electron chi connectivity index (χ4n) is 2.92. The van der Waals surface area contributed by atoms with Gasteiger partial charge in [-0.25, -0.2) is 4.39 Å². The van der Waals surface area contributed by atoms with Gasteiger partial charge in [0.2, 0.25) is 0 Å². The molecule has 2 fully saturated rings. The van der Waals surface area contributed by atoms with E-state index >= 15 is 0 Å². The normalized spacial score (nSPS) is 21.0. The number of hydrogen-bond acceptors (Lipinski definition) is 5. The molecule has 126 valence electrons. The highest BCUT2D eigenvalue weighted by Crippen LogP contribution is 2.40. The molecule has 0 bridgehead atoms. The zero-order chi connectivity index (χ0) is 16.5. The first-order valence-corrected chi connectivity index (χ1v) is 8.26. The lowest BCUT2D eigenvalue weighted by atomic mass is 10.1. The molecule has 7 heteroatoms. The number of carbonyl (C=O) groups is 1. The first kappa shape index (κ1) is 15.4. The van der Waals surface area contributed by atoms with Gasteiger partial charge < -0.3 is 10.1 Å². The third-order valence-electron chi connectivity index (χ3n) is 4.45. The largest absolute Gasteiger partial charge is 0.369 e. The van der Waals surface area contributed by atoms with Gasteiger partial charge in [0.15, 0.2) is 17.3 Å². The monoisotopic (exact) mass is 330 g/mol. The van der Waals surface area contributed by atoms with Crippen molar-refractivity contribution < 1.29 is 13.9 Å². The quantitative estimate of drug-likeness (QED) is 0.819. The second-order valence-corrected chi connectivity index (χ2v) is 6.33. The molecule has 1 atom stereocenters. The summed E-state index contributed by atoms with van der Waals surface area (Å²) in [6, 6.07) is 3.70. The predicted octanol–water partition coefficient (Wildman–Crippen LogP) is 1.91. The number of ketones is 1. The molecule has 0 radical (unpaired) electrons. The van der Waals surface area contributed by atoms with Gasteiger partial charge in [0.25, 0.3) is 0 Å². The Morgan fingerprint density at radius 3 is 2.92 bits per heavy atom. The van der Waals surface area contributed by atoms with Crippen molar-refractivity contribution >= 4 is 5.78 Å². The molecular formula is C17H19FN4O2. The zero-order valence-electron chi connectivity index (χ0n) is 13.2. The third-order valence-corrected chi connectivity index (χ3v) is 4.45. The van der Waals surface area contributed by atoms with Crippen LogP contribution in [0.1, 0.15) is 52.3 Å². The maximum absolute atomic E-state index is 14.2. The van der Waals surface area contributed by atoms with Crippen molar-refractivity contribution in [1.82, 2.24) is 20.5 Å². The fourth-order valence-corrected chi connectivity index (χ4v) is 2.92. The van der Waals surface area contributed by atoms with E-state index in [4.69, 9.17) is 4.74 Å². The van der Waals surface area contributed by atoms with Gasteiger partial charge in [-0.1, -0.05) is 6.07 Å². The molecule has 0 spiro atoms. The van der Waals surface area contributed by atoms with Crippen LogP contribution in [-0.4, -0.2) is 40.7 Å². The molecule has 1 aliphatic carbocycles. The summed E-state index contributed by atoms with van der Waals surface area (Å²) in [5.41, 5.74) is 1.94. The number of ether oxygens (including phenoxy) is 1. The number of aromatic nitrogens is 3. The van der Waals surface area contributed by atoms with E-state index in [0.717, 1.165) is 37.2 Å². The summed E-state index contributed by atoms with van der Waals surface area (Å²) in [5.74, 6) is -0.626. The Morgan fingerprint density at radius 1 is 1.38 bits per heavy atom. The molecule has 1 saturated carbocycles. The Bertz CT molecular complexity index is 734. The van der Waals surface area contributed by atoms with Crippen LogP contribution in [0.15, 0.2) is 18.3 Å². The van der Waals surface area contributed by atoms with Crippen molar-refractivity contribution in [2.45, 2.75) is 31.3 Å². The number of nitrogens with zero attached hydrogens (tertiary/aromatic N) is 2. The summed E-state index contributed by atoms with van der Waals surface area (Å²) in [4.78, 5) is 16.7. The summed E-state index contributed by atoms with van der Waals surface area (Å²) in [7, 11) is 0. The molecule has 0 unspecified atom stereocenters. The smallest absolute Gasteiger partial charge is 0.190 e. The fraction of sp³-hybridized carbons (Fsp3) is 0.471. The Kier molecular flexibility index (Phi) is 4.12. The topological polar surface area (TPSA) is 79.9 Å². The van der Waals surface area contributed by atoms with Crippen LogP contribution in [0.3, 0.4) is 0 Å². The van der Waals surface area contributed by atoms with Crippen molar-refractivity contribution in [2.24, 2.45) is 0 Å². The van der Waals surface area contributed by atoms with Crippen LogP contribution in [0.25, 0.3) is 0 Å². The second-order valence-electron chi connectivity index (χ2n) is 6.33. The molecular weight excluding hydrogens is 311 g/mol. The van der Waals surface area contributed by atoms with Crippen LogP contribution in [0.4, 0.5) is 4.39 Å². The minimum Gasteiger partial charge on any atom is -0.369 e. The number of halogens is 1. The van der Waals surface area contributed by atoms with Crippen LogP contribution in [0, 0.1) is 5.82 Å². The van der Waals surface area contributed by atoms with E-state index in [9.17, 15) is 9.18 Å². The number of Topliss-reactive ketones (excluding diaryl/α,β-unsaturated/α-hetero) is 1. The zero-order valence-corrected chi connectivity index (χ0v) is 13.2. The van der Waals surface area contributed by atoms with Gasteiger partial charge in [-0.3, -0.25) is 14.9 Å². The van der Waals surface area contributed by atoms with E-state index in [2.05, 4.69) is 20.5 Å². The lowest BCUT2D eigenvalue weighted by Gasteiger charge is -2.23. The Labute approximate surface area is 138 Å². The minimum atomic E-state index is -0.492. The molecule has 0 aromatic carbocycles. The van der Waals surface area contributed by atoms with Crippen molar-refractivity contribution in [3.05, 3.63) is 46.8 Å². The van der Waals surface area contributed by atoms with Gasteiger partial charge in [0.1, 0.15) is 6.10 Å². The van der Waals surface area contributed by atoms with Crippen LogP contribution in [0.2, 0.25) is 0 Å². The van der Waals surface area contributed by atoms with E-state index in [1.807, 2.05) is 12.1 Å². The number of nitrogens with one attached hydrogen (secondary N) is 2. The van der Waals surface area contributed by atoms with Crippen LogP contribution >= 0.6 is 0 Å². The van der Waals surface area contributed by atoms with Crippen molar-refractivity contribution in [3.63, 3.8) is 0 Å². The van der Waals surface area contributed by atoms with Gasteiger partial charge in [-0.15, -0.1) is 0 Å². The number of pyridine rings is 1. The van der Waals surface area contributed by atoms with Gasteiger partial charge in [-0.2, -0.15) is 5.10 Å². The molecule has 2 aromatic rings. The van der Waals surface area contributed by atoms with Crippen LogP contribution in [0.5, 0.6) is 0 Å². The average Bonchev–Trinajstić information content (AvgIpc) is 3.38. The number of H-pyrrole nitrogens is 1. The third kappa shape index (κ3) is 3.09. The van der Waals surface area contributed by atoms with E-state index in [1.165, 1.54) is 0 Å². The lowest BCUT2D eigenvalue weighted by Crippen LogP contribution is -2.33. The number of rotatable bonds is 5. The molecule has 0 amide bonds. The maximum Gasteiger partial charge on any atom is 0.190 e. The standard InChI is InChI=1S/C17H19FN4O2/c18-15-16(11-2-3-11)21-22-17(15)13(23)7-10-1-4-12(20-8-10)14-9-19-5-6-24-14/h1,4,8,11,14,19H,2-3,5-7,9H2,(H,21,22)/t14-/m0/s1. The van der Waals surface area contributed by atoms with Crippen LogP contribution in [-0.2, 0) is 11.2 Å². The lowest BCUT2D eigenvalue weighted by molar-refractivity contribution is 0.0250. The SMILES string of the molecule is O=C(Cc1ccc([C@@H]2CNCCO2)nc1)c1n[nH]c(C2CC2)c1F. The van der Waals surface area contributed by atoms with E-state index in [0.29, 0.717) is 12.3 Å². The van der Waals surface area contributed by atoms with Gasteiger partial charge in [0, 0.05) is 31.6 Å². The number of morpholine rings is 1. The predicted molar refractivity (Wildman–Crippen MR) is 84.4 cm³/mol. The summed E-state index contributed by atoms with van der Waals surface area (Å²) in [6.45, 7) is 2.24. The Balaban J connectivity index is 1.43. The maximum atomic E-state index is 14.2. The Morgan fingerprint density at radius 2 is 2.25 bits per heavy atom. The highest BCUT2D eigenvalue weighted by molar-refractivity contribution is 5.96. The molecule has 2 aliphatic rings. The summed E-state index contributed by atoms with van der Waals surface area (Å²) < 4.78 is 19.9. The molecule has 4 rings (SSSR count). The Hall–Kier alpha value is -2.12. The number of carbonyl (C=O) groups excluding carboxylic acids is 1. The number of hydrogen-bond donors (Lipinski definition) is 2. The van der Waals surface area contributed by atoms with E-state index in [-0.39, 0.29) is 29.9 Å². The molecule has 1 aliphatic heterocycles. The van der Waals surface area contributed by atoms with E-state index < -0.39 is 5.82 Å². The van der Waals surface area contributed by atoms with Crippen LogP contribution < -0.4 is 5.32 Å². The van der Waals surface area contributed by atoms with Gasteiger partial charge >= 0.3 is 0 Å². The average molecular weight is 330 g/mol. The highest BCUT2D eigenvalue weighted by Gasteiger charge is 2.31. The first-order valence-electron chi connectivity index (χ1n) is 8.26. The first-order chi connectivity index (χ1) is 11.7. The molecule has 1 saturated heterocycles. The molecule has 24 heavy (non-hydrogen) atoms. The summed E-state index contributed by atoms with van der Waals surface area (Å²) >= 11 is 0. The molecule has 2 aromatic heterocycles. The molecule has 6 nitrogen and oxygen atoms in total. The van der Waals surface area contributed by atoms with Crippen molar-refractivity contribution in [2.75, 3.05) is 19.7 Å². The number of aromatic amines is 1. The van der Waals surface area contributed by atoms with Crippen molar-refractivity contribution in [1.29, 1.82) is 0 Å². The molecule has 3 heterocycles. The van der Waals surface area contributed by atoms with Crippen molar-refractivity contribution in [3.8, 4) is 0 Å². The minimum absolute atomic E-state index is 0.0617.